The third-order valence-electron chi connectivity index (χ3n) is 8.52. The first-order valence-electron chi connectivity index (χ1n) is 14.6. The molecule has 1 fully saturated rings. The molecule has 1 saturated heterocycles. The van der Waals surface area contributed by atoms with Crippen LogP contribution in [-0.2, 0) is 4.79 Å². The molecule has 0 spiro atoms. The summed E-state index contributed by atoms with van der Waals surface area (Å²) in [6.45, 7) is 11.7. The maximum atomic E-state index is 17.2. The summed E-state index contributed by atoms with van der Waals surface area (Å²) >= 11 is 0. The Morgan fingerprint density at radius 3 is 2.64 bits per heavy atom. The van der Waals surface area contributed by atoms with Crippen LogP contribution in [0.15, 0.2) is 54.0 Å². The van der Waals surface area contributed by atoms with Crippen LogP contribution in [0.1, 0.15) is 44.4 Å². The number of hydrogen-bond acceptors (Lipinski definition) is 7. The summed E-state index contributed by atoms with van der Waals surface area (Å²) in [6.07, 6.45) is 3.25. The van der Waals surface area contributed by atoms with Gasteiger partial charge in [-0.3, -0.25) is 14.3 Å². The topological polar surface area (TPSA) is 101 Å². The fraction of sp³-hybridized carbons (Fsp3) is 0.333. The van der Waals surface area contributed by atoms with E-state index in [1.165, 1.54) is 18.2 Å². The van der Waals surface area contributed by atoms with Gasteiger partial charge in [-0.2, -0.15) is 4.98 Å². The van der Waals surface area contributed by atoms with E-state index >= 15 is 8.78 Å². The van der Waals surface area contributed by atoms with Crippen molar-refractivity contribution in [1.29, 1.82) is 0 Å². The minimum absolute atomic E-state index is 0.00266. The average Bonchev–Trinajstić information content (AvgIpc) is 2.98. The van der Waals surface area contributed by atoms with Crippen LogP contribution in [-0.4, -0.2) is 62.2 Å². The third-order valence-corrected chi connectivity index (χ3v) is 8.52. The van der Waals surface area contributed by atoms with Gasteiger partial charge in [-0.05, 0) is 43.5 Å². The first-order chi connectivity index (χ1) is 21.0. The van der Waals surface area contributed by atoms with Crippen molar-refractivity contribution in [2.24, 2.45) is 0 Å². The molecule has 0 bridgehead atoms. The van der Waals surface area contributed by atoms with Gasteiger partial charge in [0.15, 0.2) is 17.4 Å². The minimum Gasteiger partial charge on any atom is -0.507 e. The van der Waals surface area contributed by atoms with Gasteiger partial charge >= 0.3 is 5.69 Å². The van der Waals surface area contributed by atoms with E-state index in [0.717, 1.165) is 4.57 Å². The number of para-hydroxylation sites is 1. The second-order valence-electron chi connectivity index (χ2n) is 11.6. The molecule has 2 aliphatic heterocycles. The Morgan fingerprint density at radius 2 is 1.93 bits per heavy atom. The Kier molecular flexibility index (Phi) is 7.35. The van der Waals surface area contributed by atoms with Crippen LogP contribution in [0.3, 0.4) is 0 Å². The summed E-state index contributed by atoms with van der Waals surface area (Å²) in [4.78, 5) is 39.3. The molecular weight excluding hydrogens is 568 g/mol. The highest BCUT2D eigenvalue weighted by atomic mass is 19.1. The number of ether oxygens (including phenoxy) is 1. The largest absolute Gasteiger partial charge is 0.507 e. The second-order valence-corrected chi connectivity index (χ2v) is 11.6. The lowest BCUT2D eigenvalue weighted by molar-refractivity contribution is -0.129. The number of fused-ring (bicyclic) bond motifs is 2. The zero-order valence-corrected chi connectivity index (χ0v) is 25.0. The number of carbonyl (C=O) groups is 1. The molecule has 44 heavy (non-hydrogen) atoms. The number of aryl methyl sites for hydroxylation is 1. The van der Waals surface area contributed by atoms with Gasteiger partial charge in [-0.1, -0.05) is 38.6 Å². The van der Waals surface area contributed by atoms with Crippen LogP contribution < -0.4 is 15.3 Å². The first-order valence-corrected chi connectivity index (χ1v) is 14.6. The maximum Gasteiger partial charge on any atom is 0.354 e. The van der Waals surface area contributed by atoms with Crippen LogP contribution in [0.4, 0.5) is 14.6 Å². The van der Waals surface area contributed by atoms with Crippen molar-refractivity contribution in [3.63, 3.8) is 0 Å². The second kappa shape index (κ2) is 11.0. The molecule has 2 unspecified atom stereocenters. The summed E-state index contributed by atoms with van der Waals surface area (Å²) < 4.78 is 41.0. The summed E-state index contributed by atoms with van der Waals surface area (Å²) in [5, 5.41) is 10.7. The molecule has 2 aliphatic rings. The van der Waals surface area contributed by atoms with Crippen molar-refractivity contribution in [3.8, 4) is 28.3 Å². The number of amides is 1. The molecule has 0 saturated carbocycles. The van der Waals surface area contributed by atoms with Gasteiger partial charge < -0.3 is 19.6 Å². The lowest BCUT2D eigenvalue weighted by Crippen LogP contribution is -2.60. The normalized spacial score (nSPS) is 18.1. The molecular formula is C33H33F2N5O4. The number of anilines is 1. The van der Waals surface area contributed by atoms with E-state index in [4.69, 9.17) is 4.74 Å². The van der Waals surface area contributed by atoms with Crippen LogP contribution >= 0.6 is 0 Å². The predicted octanol–water partition coefficient (Wildman–Crippen LogP) is 5.24. The standard InChI is InChI=1S/C33H33F2N5O4/c1-6-23(42)38-16-20-12-14-44-31-25-30(26(34)24(27(31)35)21-9-7-8-10-22(21)41)40(29-18(4)11-13-36-28(29)17(2)3)33(43)37-32(25)39(20)15-19(38)5/h6-11,13,17,19-20,41H,1,12,14-16H2,2-5H3. The Bertz CT molecular complexity index is 1890. The van der Waals surface area contributed by atoms with Crippen molar-refractivity contribution in [1.82, 2.24) is 19.4 Å². The van der Waals surface area contributed by atoms with Crippen molar-refractivity contribution in [3.05, 3.63) is 82.6 Å². The van der Waals surface area contributed by atoms with Crippen LogP contribution in [0.5, 0.6) is 11.5 Å². The number of carbonyl (C=O) groups excluding carboxylic acids is 1. The van der Waals surface area contributed by atoms with E-state index in [1.54, 1.807) is 36.2 Å². The molecule has 2 aromatic heterocycles. The third kappa shape index (κ3) is 4.49. The van der Waals surface area contributed by atoms with E-state index < -0.39 is 22.9 Å². The van der Waals surface area contributed by atoms with Gasteiger partial charge in [0.05, 0.1) is 35.0 Å². The lowest BCUT2D eigenvalue weighted by Gasteiger charge is -2.46. The molecule has 9 nitrogen and oxygen atoms in total. The van der Waals surface area contributed by atoms with E-state index in [0.29, 0.717) is 23.4 Å². The minimum atomic E-state index is -1.05. The number of phenolic OH excluding ortho intramolecular Hbond substituents is 1. The highest BCUT2D eigenvalue weighted by molar-refractivity contribution is 6.01. The summed E-state index contributed by atoms with van der Waals surface area (Å²) in [6, 6.07) is 6.93. The van der Waals surface area contributed by atoms with Gasteiger partial charge in [-0.15, -0.1) is 0 Å². The fourth-order valence-corrected chi connectivity index (χ4v) is 6.39. The summed E-state index contributed by atoms with van der Waals surface area (Å²) in [7, 11) is 0. The van der Waals surface area contributed by atoms with E-state index in [1.807, 2.05) is 25.7 Å². The smallest absolute Gasteiger partial charge is 0.354 e. The van der Waals surface area contributed by atoms with Crippen molar-refractivity contribution >= 4 is 22.6 Å². The molecule has 1 amide bonds. The van der Waals surface area contributed by atoms with Gasteiger partial charge in [0.1, 0.15) is 17.1 Å². The van der Waals surface area contributed by atoms with Crippen LogP contribution in [0.25, 0.3) is 27.7 Å². The first kappa shape index (κ1) is 29.3. The Hall–Kier alpha value is -4.80. The van der Waals surface area contributed by atoms with Gasteiger partial charge in [-0.25, -0.2) is 13.6 Å². The molecule has 0 radical (unpaired) electrons. The number of piperazine rings is 1. The molecule has 6 rings (SSSR count). The molecule has 0 aliphatic carbocycles. The Balaban J connectivity index is 1.76. The molecule has 1 N–H and O–H groups in total. The van der Waals surface area contributed by atoms with E-state index in [-0.39, 0.29) is 77.4 Å². The zero-order valence-electron chi connectivity index (χ0n) is 25.0. The van der Waals surface area contributed by atoms with Crippen molar-refractivity contribution in [2.45, 2.75) is 52.1 Å². The van der Waals surface area contributed by atoms with Crippen LogP contribution in [0, 0.1) is 18.6 Å². The Morgan fingerprint density at radius 1 is 1.18 bits per heavy atom. The van der Waals surface area contributed by atoms with Crippen LogP contribution in [0.2, 0.25) is 0 Å². The number of phenols is 1. The number of rotatable bonds is 4. The SMILES string of the molecule is C=CC(=O)N1CC2CCOc3c(F)c(-c4ccccc4O)c(F)c4c3c(nc(=O)n4-c3c(C)ccnc3C(C)C)N2CC1C. The molecule has 228 valence electrons. The van der Waals surface area contributed by atoms with Crippen molar-refractivity contribution in [2.75, 3.05) is 24.6 Å². The fourth-order valence-electron chi connectivity index (χ4n) is 6.39. The molecule has 2 aromatic carbocycles. The van der Waals surface area contributed by atoms with Gasteiger partial charge in [0, 0.05) is 37.3 Å². The number of pyridine rings is 1. The van der Waals surface area contributed by atoms with Crippen molar-refractivity contribution < 1.29 is 23.4 Å². The van der Waals surface area contributed by atoms with E-state index in [2.05, 4.69) is 16.5 Å². The Labute approximate surface area is 253 Å². The van der Waals surface area contributed by atoms with E-state index in [9.17, 15) is 14.7 Å². The number of aromatic hydroxyl groups is 1. The predicted molar refractivity (Wildman–Crippen MR) is 164 cm³/mol. The zero-order chi connectivity index (χ0) is 31.4. The summed E-state index contributed by atoms with van der Waals surface area (Å²) in [5.74, 6) is -2.95. The highest BCUT2D eigenvalue weighted by Gasteiger charge is 2.39. The quantitative estimate of drug-likeness (QED) is 0.320. The summed E-state index contributed by atoms with van der Waals surface area (Å²) in [5.41, 5.74) is -0.0819. The average molecular weight is 602 g/mol. The van der Waals surface area contributed by atoms with Gasteiger partial charge in [0.2, 0.25) is 5.91 Å². The number of aromatic nitrogens is 3. The molecule has 2 atom stereocenters. The molecule has 11 heteroatoms. The molecule has 4 aromatic rings. The maximum absolute atomic E-state index is 17.2. The number of hydrogen-bond donors (Lipinski definition) is 1. The van der Waals surface area contributed by atoms with Gasteiger partial charge in [0.25, 0.3) is 0 Å². The monoisotopic (exact) mass is 601 g/mol. The number of halogens is 2. The number of nitrogens with zero attached hydrogens (tertiary/aromatic N) is 5. The number of benzene rings is 2. The lowest BCUT2D eigenvalue weighted by atomic mass is 9.97. The highest BCUT2D eigenvalue weighted by Crippen LogP contribution is 2.46. The molecule has 4 heterocycles.